The van der Waals surface area contributed by atoms with Crippen LogP contribution in [0.3, 0.4) is 0 Å². The summed E-state index contributed by atoms with van der Waals surface area (Å²) in [6.07, 6.45) is 11.2. The van der Waals surface area contributed by atoms with Crippen molar-refractivity contribution in [2.75, 3.05) is 32.8 Å². The first-order valence-electron chi connectivity index (χ1n) is 11.5. The third kappa shape index (κ3) is 8.62. The van der Waals surface area contributed by atoms with Gasteiger partial charge in [-0.3, -0.25) is 4.79 Å². The highest BCUT2D eigenvalue weighted by atomic mass is 16.5. The molecule has 0 aliphatic heterocycles. The molecule has 3 unspecified atom stereocenters. The smallest absolute Gasteiger partial charge is 0.237 e. The molecule has 0 bridgehead atoms. The first-order chi connectivity index (χ1) is 14.3. The van der Waals surface area contributed by atoms with E-state index in [-0.39, 0.29) is 18.6 Å². The number of allylic oxidation sites excluding steroid dienone is 3. The van der Waals surface area contributed by atoms with E-state index < -0.39 is 6.04 Å². The summed E-state index contributed by atoms with van der Waals surface area (Å²) in [5.41, 5.74) is 13.4. The number of rotatable bonds is 13. The second-order valence-electron chi connectivity index (χ2n) is 9.03. The summed E-state index contributed by atoms with van der Waals surface area (Å²) >= 11 is 0. The standard InChI is InChI=1S/C24H42N4O2/c1-5-28(11-9-23(26)24(29)27-16-19(4)25)10-6-12-30-21-8-7-20(13-17(2)14-21)22-15-18(22)3/h7-8,13,17-18,21-23H,4-6,9-12,14-16,25-26H2,1-3H3,(H,27,29)/t17?,18-,21?,22+,23?/m1/s1. The van der Waals surface area contributed by atoms with E-state index in [0.29, 0.717) is 18.0 Å². The summed E-state index contributed by atoms with van der Waals surface area (Å²) in [6.45, 7) is 14.0. The van der Waals surface area contributed by atoms with Crippen molar-refractivity contribution in [1.29, 1.82) is 0 Å². The van der Waals surface area contributed by atoms with Crippen molar-refractivity contribution < 1.29 is 9.53 Å². The molecule has 30 heavy (non-hydrogen) atoms. The normalized spacial score (nSPS) is 26.8. The SMILES string of the molecule is C=C(N)CNC(=O)C(N)CCN(CC)CCCOC1C=CC([C@H]2C[C@H]2C)=CC(C)C1. The van der Waals surface area contributed by atoms with Gasteiger partial charge in [-0.2, -0.15) is 0 Å². The maximum atomic E-state index is 11.9. The summed E-state index contributed by atoms with van der Waals surface area (Å²) in [5.74, 6) is 1.99. The highest BCUT2D eigenvalue weighted by Gasteiger charge is 2.35. The van der Waals surface area contributed by atoms with E-state index >= 15 is 0 Å². The molecule has 2 aliphatic rings. The molecule has 0 aromatic carbocycles. The van der Waals surface area contributed by atoms with Gasteiger partial charge in [0.05, 0.1) is 18.7 Å². The first kappa shape index (κ1) is 24.6. The quantitative estimate of drug-likeness (QED) is 0.400. The van der Waals surface area contributed by atoms with Crippen molar-refractivity contribution in [2.24, 2.45) is 29.2 Å². The summed E-state index contributed by atoms with van der Waals surface area (Å²) in [4.78, 5) is 14.3. The van der Waals surface area contributed by atoms with Crippen LogP contribution in [-0.4, -0.2) is 55.7 Å². The molecule has 6 nitrogen and oxygen atoms in total. The third-order valence-electron chi connectivity index (χ3n) is 6.10. The molecular formula is C24H42N4O2. The van der Waals surface area contributed by atoms with Gasteiger partial charge in [0.2, 0.25) is 5.91 Å². The number of carbonyl (C=O) groups excluding carboxylic acids is 1. The fourth-order valence-electron chi connectivity index (χ4n) is 4.01. The Hall–Kier alpha value is -1.63. The predicted molar refractivity (Wildman–Crippen MR) is 124 cm³/mol. The van der Waals surface area contributed by atoms with Crippen LogP contribution in [0.2, 0.25) is 0 Å². The Labute approximate surface area is 182 Å². The highest BCUT2D eigenvalue weighted by molar-refractivity contribution is 5.81. The van der Waals surface area contributed by atoms with Gasteiger partial charge in [0.25, 0.3) is 0 Å². The Bertz CT molecular complexity index is 631. The molecule has 2 rings (SSSR count). The summed E-state index contributed by atoms with van der Waals surface area (Å²) in [7, 11) is 0. The van der Waals surface area contributed by atoms with Gasteiger partial charge in [-0.15, -0.1) is 0 Å². The second-order valence-corrected chi connectivity index (χ2v) is 9.03. The Morgan fingerprint density at radius 3 is 2.73 bits per heavy atom. The highest BCUT2D eigenvalue weighted by Crippen LogP contribution is 2.45. The average Bonchev–Trinajstić information content (AvgIpc) is 3.46. The molecule has 1 fully saturated rings. The van der Waals surface area contributed by atoms with E-state index in [1.54, 1.807) is 0 Å². The van der Waals surface area contributed by atoms with Crippen LogP contribution in [0.1, 0.15) is 46.5 Å². The van der Waals surface area contributed by atoms with Gasteiger partial charge in [0.1, 0.15) is 0 Å². The number of carbonyl (C=O) groups is 1. The number of ether oxygens (including phenoxy) is 1. The minimum Gasteiger partial charge on any atom is -0.401 e. The lowest BCUT2D eigenvalue weighted by Gasteiger charge is -2.23. The summed E-state index contributed by atoms with van der Waals surface area (Å²) < 4.78 is 6.17. The molecule has 0 spiro atoms. The molecule has 2 aliphatic carbocycles. The fourth-order valence-corrected chi connectivity index (χ4v) is 4.01. The van der Waals surface area contributed by atoms with Crippen LogP contribution < -0.4 is 16.8 Å². The number of nitrogens with one attached hydrogen (secondary N) is 1. The minimum absolute atomic E-state index is 0.177. The van der Waals surface area contributed by atoms with Crippen LogP contribution in [0.25, 0.3) is 0 Å². The molecule has 1 saturated carbocycles. The topological polar surface area (TPSA) is 93.6 Å². The predicted octanol–water partition coefficient (Wildman–Crippen LogP) is 2.57. The maximum Gasteiger partial charge on any atom is 0.237 e. The average molecular weight is 419 g/mol. The first-order valence-corrected chi connectivity index (χ1v) is 11.5. The molecule has 0 aromatic heterocycles. The van der Waals surface area contributed by atoms with Crippen LogP contribution in [0.5, 0.6) is 0 Å². The molecule has 0 saturated heterocycles. The van der Waals surface area contributed by atoms with Gasteiger partial charge in [0.15, 0.2) is 0 Å². The van der Waals surface area contributed by atoms with E-state index in [2.05, 4.69) is 55.8 Å². The van der Waals surface area contributed by atoms with Gasteiger partial charge >= 0.3 is 0 Å². The molecule has 1 amide bonds. The Balaban J connectivity index is 1.63. The van der Waals surface area contributed by atoms with Gasteiger partial charge in [-0.05, 0) is 55.6 Å². The molecule has 170 valence electrons. The van der Waals surface area contributed by atoms with E-state index in [4.69, 9.17) is 16.2 Å². The molecular weight excluding hydrogens is 376 g/mol. The molecule has 0 aromatic rings. The molecule has 6 heteroatoms. The molecule has 5 N–H and O–H groups in total. The van der Waals surface area contributed by atoms with E-state index in [1.165, 1.54) is 12.0 Å². The van der Waals surface area contributed by atoms with E-state index in [1.807, 2.05) is 0 Å². The zero-order valence-corrected chi connectivity index (χ0v) is 19.1. The van der Waals surface area contributed by atoms with Crippen LogP contribution in [0.15, 0.2) is 36.1 Å². The van der Waals surface area contributed by atoms with E-state index in [9.17, 15) is 4.79 Å². The number of hydrogen-bond donors (Lipinski definition) is 3. The third-order valence-corrected chi connectivity index (χ3v) is 6.10. The largest absolute Gasteiger partial charge is 0.401 e. The Kier molecular flexibility index (Phi) is 10.1. The van der Waals surface area contributed by atoms with Gasteiger partial charge < -0.3 is 26.4 Å². The Morgan fingerprint density at radius 1 is 1.37 bits per heavy atom. The monoisotopic (exact) mass is 418 g/mol. The molecule has 5 atom stereocenters. The van der Waals surface area contributed by atoms with Crippen LogP contribution >= 0.6 is 0 Å². The number of nitrogens with zero attached hydrogens (tertiary/aromatic N) is 1. The van der Waals surface area contributed by atoms with Crippen LogP contribution in [0, 0.1) is 17.8 Å². The van der Waals surface area contributed by atoms with Gasteiger partial charge in [-0.1, -0.05) is 45.6 Å². The van der Waals surface area contributed by atoms with E-state index in [0.717, 1.165) is 50.9 Å². The maximum absolute atomic E-state index is 11.9. The lowest BCUT2D eigenvalue weighted by molar-refractivity contribution is -0.122. The van der Waals surface area contributed by atoms with Crippen LogP contribution in [-0.2, 0) is 9.53 Å². The number of nitrogens with two attached hydrogens (primary N) is 2. The van der Waals surface area contributed by atoms with Gasteiger partial charge in [0, 0.05) is 25.4 Å². The van der Waals surface area contributed by atoms with Crippen molar-refractivity contribution in [2.45, 2.75) is 58.6 Å². The van der Waals surface area contributed by atoms with Crippen molar-refractivity contribution in [3.63, 3.8) is 0 Å². The Morgan fingerprint density at radius 2 is 2.10 bits per heavy atom. The number of amides is 1. The zero-order valence-electron chi connectivity index (χ0n) is 19.1. The van der Waals surface area contributed by atoms with Crippen molar-refractivity contribution in [3.05, 3.63) is 36.1 Å². The lowest BCUT2D eigenvalue weighted by Crippen LogP contribution is -2.43. The zero-order chi connectivity index (χ0) is 22.1. The van der Waals surface area contributed by atoms with Crippen molar-refractivity contribution >= 4 is 5.91 Å². The van der Waals surface area contributed by atoms with Crippen molar-refractivity contribution in [3.8, 4) is 0 Å². The minimum atomic E-state index is -0.525. The summed E-state index contributed by atoms with van der Waals surface area (Å²) in [6, 6.07) is -0.525. The molecule has 0 heterocycles. The number of hydrogen-bond acceptors (Lipinski definition) is 5. The molecule has 0 radical (unpaired) electrons. The van der Waals surface area contributed by atoms with Crippen LogP contribution in [0.4, 0.5) is 0 Å². The fraction of sp³-hybridized carbons (Fsp3) is 0.708. The van der Waals surface area contributed by atoms with Gasteiger partial charge in [-0.25, -0.2) is 0 Å². The van der Waals surface area contributed by atoms with Crippen molar-refractivity contribution in [1.82, 2.24) is 10.2 Å². The summed E-state index contributed by atoms with van der Waals surface area (Å²) in [5, 5.41) is 2.70. The second kappa shape index (κ2) is 12.3. The lowest BCUT2D eigenvalue weighted by atomic mass is 10.0.